The molecule has 118 valence electrons. The number of amides is 1. The van der Waals surface area contributed by atoms with E-state index in [0.29, 0.717) is 24.5 Å². The van der Waals surface area contributed by atoms with Gasteiger partial charge in [0.2, 0.25) is 0 Å². The Morgan fingerprint density at radius 3 is 2.70 bits per heavy atom. The van der Waals surface area contributed by atoms with Crippen LogP contribution in [0.15, 0.2) is 36.5 Å². The summed E-state index contributed by atoms with van der Waals surface area (Å²) in [5.41, 5.74) is 2.64. The van der Waals surface area contributed by atoms with E-state index < -0.39 is 0 Å². The first kappa shape index (κ1) is 14.1. The van der Waals surface area contributed by atoms with Crippen molar-refractivity contribution in [2.24, 2.45) is 0 Å². The van der Waals surface area contributed by atoms with Crippen molar-refractivity contribution in [3.05, 3.63) is 42.1 Å². The molecule has 1 saturated heterocycles. The second kappa shape index (κ2) is 5.91. The molecule has 1 aromatic carbocycles. The molecule has 0 saturated carbocycles. The molecule has 3 heterocycles. The molecule has 2 aliphatic rings. The molecule has 0 bridgehead atoms. The first-order valence-electron chi connectivity index (χ1n) is 8.08. The van der Waals surface area contributed by atoms with Gasteiger partial charge in [-0.1, -0.05) is 6.07 Å². The largest absolute Gasteiger partial charge is 0.491 e. The van der Waals surface area contributed by atoms with Gasteiger partial charge in [-0.25, -0.2) is 4.98 Å². The van der Waals surface area contributed by atoms with Crippen molar-refractivity contribution in [1.82, 2.24) is 10.3 Å². The Balaban J connectivity index is 1.62. The van der Waals surface area contributed by atoms with Gasteiger partial charge in [0.15, 0.2) is 0 Å². The van der Waals surface area contributed by atoms with Gasteiger partial charge in [-0.15, -0.1) is 0 Å². The number of hydrogen-bond acceptors (Lipinski definition) is 4. The minimum Gasteiger partial charge on any atom is -0.491 e. The third-order valence-corrected chi connectivity index (χ3v) is 4.38. The van der Waals surface area contributed by atoms with Gasteiger partial charge in [-0.3, -0.25) is 4.79 Å². The Hall–Kier alpha value is -2.56. The molecule has 5 nitrogen and oxygen atoms in total. The van der Waals surface area contributed by atoms with Gasteiger partial charge in [0.25, 0.3) is 5.91 Å². The predicted octanol–water partition coefficient (Wildman–Crippen LogP) is 2.47. The molecular weight excluding hydrogens is 290 g/mol. The van der Waals surface area contributed by atoms with Gasteiger partial charge in [-0.05, 0) is 42.7 Å². The van der Waals surface area contributed by atoms with E-state index in [9.17, 15) is 4.79 Å². The van der Waals surface area contributed by atoms with Crippen LogP contribution in [0.2, 0.25) is 0 Å². The van der Waals surface area contributed by atoms with Gasteiger partial charge in [0.1, 0.15) is 18.2 Å². The van der Waals surface area contributed by atoms with E-state index in [1.165, 1.54) is 12.8 Å². The number of hydrogen-bond donors (Lipinski definition) is 1. The van der Waals surface area contributed by atoms with Crippen molar-refractivity contribution in [3.63, 3.8) is 0 Å². The molecule has 0 radical (unpaired) electrons. The van der Waals surface area contributed by atoms with E-state index >= 15 is 0 Å². The minimum absolute atomic E-state index is 0.0773. The zero-order valence-corrected chi connectivity index (χ0v) is 12.9. The van der Waals surface area contributed by atoms with E-state index in [1.807, 2.05) is 24.4 Å². The molecular formula is C18H19N3O2. The molecule has 0 atom stereocenters. The number of nitrogens with zero attached hydrogens (tertiary/aromatic N) is 2. The molecule has 2 aliphatic heterocycles. The van der Waals surface area contributed by atoms with Gasteiger partial charge >= 0.3 is 0 Å². The number of pyridine rings is 1. The van der Waals surface area contributed by atoms with Crippen LogP contribution in [0.1, 0.15) is 23.2 Å². The Bertz CT molecular complexity index is 722. The highest BCUT2D eigenvalue weighted by Crippen LogP contribution is 2.29. The van der Waals surface area contributed by atoms with Crippen molar-refractivity contribution in [2.45, 2.75) is 12.8 Å². The summed E-state index contributed by atoms with van der Waals surface area (Å²) < 4.78 is 5.67. The van der Waals surface area contributed by atoms with Crippen molar-refractivity contribution >= 4 is 11.7 Å². The van der Waals surface area contributed by atoms with Crippen LogP contribution >= 0.6 is 0 Å². The zero-order valence-electron chi connectivity index (χ0n) is 12.9. The molecule has 1 aromatic heterocycles. The number of nitrogens with one attached hydrogen (secondary N) is 1. The lowest BCUT2D eigenvalue weighted by molar-refractivity contribution is 0.0957. The third-order valence-electron chi connectivity index (χ3n) is 4.38. The zero-order chi connectivity index (χ0) is 15.6. The van der Waals surface area contributed by atoms with Crippen LogP contribution in [0.25, 0.3) is 11.1 Å². The van der Waals surface area contributed by atoms with Crippen molar-refractivity contribution in [3.8, 4) is 16.9 Å². The SMILES string of the molecule is O=C1NCCOc2cc(-c3ccc(N4CCCC4)nc3)ccc21. The number of fused-ring (bicyclic) bond motifs is 1. The molecule has 2 aromatic rings. The average Bonchev–Trinajstić information content (AvgIpc) is 3.07. The molecule has 1 N–H and O–H groups in total. The van der Waals surface area contributed by atoms with Crippen LogP contribution in [-0.2, 0) is 0 Å². The summed E-state index contributed by atoms with van der Waals surface area (Å²) in [6.45, 7) is 3.21. The second-order valence-corrected chi connectivity index (χ2v) is 5.91. The van der Waals surface area contributed by atoms with Crippen LogP contribution in [0.4, 0.5) is 5.82 Å². The number of ether oxygens (including phenoxy) is 1. The fourth-order valence-electron chi connectivity index (χ4n) is 3.12. The summed E-state index contributed by atoms with van der Waals surface area (Å²) in [5, 5.41) is 2.82. The van der Waals surface area contributed by atoms with Crippen LogP contribution in [0.3, 0.4) is 0 Å². The first-order valence-corrected chi connectivity index (χ1v) is 8.08. The maximum Gasteiger partial charge on any atom is 0.255 e. The average molecular weight is 309 g/mol. The minimum atomic E-state index is -0.0773. The van der Waals surface area contributed by atoms with E-state index in [2.05, 4.69) is 27.3 Å². The highest BCUT2D eigenvalue weighted by atomic mass is 16.5. The van der Waals surface area contributed by atoms with E-state index in [4.69, 9.17) is 4.74 Å². The van der Waals surface area contributed by atoms with Gasteiger partial charge < -0.3 is 15.0 Å². The Kier molecular flexibility index (Phi) is 3.61. The maximum atomic E-state index is 11.9. The molecule has 4 rings (SSSR count). The monoisotopic (exact) mass is 309 g/mol. The van der Waals surface area contributed by atoms with E-state index in [1.54, 1.807) is 0 Å². The molecule has 0 unspecified atom stereocenters. The van der Waals surface area contributed by atoms with Crippen LogP contribution in [-0.4, -0.2) is 37.1 Å². The molecule has 23 heavy (non-hydrogen) atoms. The molecule has 5 heteroatoms. The highest BCUT2D eigenvalue weighted by Gasteiger charge is 2.17. The smallest absolute Gasteiger partial charge is 0.255 e. The summed E-state index contributed by atoms with van der Waals surface area (Å²) >= 11 is 0. The summed E-state index contributed by atoms with van der Waals surface area (Å²) in [6, 6.07) is 9.84. The molecule has 1 fully saturated rings. The Morgan fingerprint density at radius 2 is 1.91 bits per heavy atom. The van der Waals surface area contributed by atoms with Gasteiger partial charge in [0.05, 0.1) is 12.1 Å². The van der Waals surface area contributed by atoms with Crippen LogP contribution < -0.4 is 15.0 Å². The highest BCUT2D eigenvalue weighted by molar-refractivity contribution is 5.97. The van der Waals surface area contributed by atoms with Gasteiger partial charge in [-0.2, -0.15) is 0 Å². The number of aromatic nitrogens is 1. The van der Waals surface area contributed by atoms with Crippen molar-refractivity contribution < 1.29 is 9.53 Å². The van der Waals surface area contributed by atoms with Crippen LogP contribution in [0.5, 0.6) is 5.75 Å². The molecule has 1 amide bonds. The lowest BCUT2D eigenvalue weighted by atomic mass is 10.0. The first-order chi connectivity index (χ1) is 11.3. The summed E-state index contributed by atoms with van der Waals surface area (Å²) in [6.07, 6.45) is 4.38. The maximum absolute atomic E-state index is 11.9. The lowest BCUT2D eigenvalue weighted by Gasteiger charge is -2.16. The quantitative estimate of drug-likeness (QED) is 0.926. The predicted molar refractivity (Wildman–Crippen MR) is 88.9 cm³/mol. The number of carbonyl (C=O) groups is 1. The van der Waals surface area contributed by atoms with E-state index in [-0.39, 0.29) is 5.91 Å². The van der Waals surface area contributed by atoms with Crippen molar-refractivity contribution in [1.29, 1.82) is 0 Å². The summed E-state index contributed by atoms with van der Waals surface area (Å²) in [4.78, 5) is 18.8. The topological polar surface area (TPSA) is 54.5 Å². The summed E-state index contributed by atoms with van der Waals surface area (Å²) in [7, 11) is 0. The number of benzene rings is 1. The number of rotatable bonds is 2. The second-order valence-electron chi connectivity index (χ2n) is 5.91. The molecule has 0 spiro atoms. The fourth-order valence-corrected chi connectivity index (χ4v) is 3.12. The number of anilines is 1. The molecule has 0 aliphatic carbocycles. The normalized spacial score (nSPS) is 17.2. The van der Waals surface area contributed by atoms with Crippen LogP contribution in [0, 0.1) is 0 Å². The summed E-state index contributed by atoms with van der Waals surface area (Å²) in [5.74, 6) is 1.60. The standard InChI is InChI=1S/C18H19N3O2/c22-18-15-5-3-13(11-16(15)23-10-7-19-18)14-4-6-17(20-12-14)21-8-1-2-9-21/h3-6,11-12H,1-2,7-10H2,(H,19,22). The fraction of sp³-hybridized carbons (Fsp3) is 0.333. The number of carbonyl (C=O) groups excluding carboxylic acids is 1. The van der Waals surface area contributed by atoms with Gasteiger partial charge in [0, 0.05) is 24.8 Å². The Labute approximate surface area is 135 Å². The van der Waals surface area contributed by atoms with Crippen molar-refractivity contribution in [2.75, 3.05) is 31.1 Å². The van der Waals surface area contributed by atoms with E-state index in [0.717, 1.165) is 30.0 Å². The Morgan fingerprint density at radius 1 is 1.09 bits per heavy atom. The third kappa shape index (κ3) is 2.74. The lowest BCUT2D eigenvalue weighted by Crippen LogP contribution is -2.24.